The van der Waals surface area contributed by atoms with Gasteiger partial charge in [-0.25, -0.2) is 0 Å². The summed E-state index contributed by atoms with van der Waals surface area (Å²) in [4.78, 5) is 6.89. The molecular formula is C20H30IN5. The van der Waals surface area contributed by atoms with Crippen molar-refractivity contribution in [2.24, 2.45) is 18.0 Å². The van der Waals surface area contributed by atoms with Crippen molar-refractivity contribution in [1.29, 1.82) is 0 Å². The highest BCUT2D eigenvalue weighted by atomic mass is 127. The van der Waals surface area contributed by atoms with Crippen molar-refractivity contribution >= 4 is 29.9 Å². The highest BCUT2D eigenvalue weighted by molar-refractivity contribution is 14.0. The molecule has 1 atom stereocenters. The van der Waals surface area contributed by atoms with Crippen molar-refractivity contribution in [3.8, 4) is 0 Å². The summed E-state index contributed by atoms with van der Waals surface area (Å²) in [7, 11) is 3.85. The third kappa shape index (κ3) is 5.22. The van der Waals surface area contributed by atoms with E-state index in [-0.39, 0.29) is 24.0 Å². The van der Waals surface area contributed by atoms with Gasteiger partial charge in [0.15, 0.2) is 5.96 Å². The second-order valence-corrected chi connectivity index (χ2v) is 6.85. The Bertz CT molecular complexity index is 724. The van der Waals surface area contributed by atoms with E-state index in [1.807, 2.05) is 25.0 Å². The molecule has 0 saturated carbocycles. The van der Waals surface area contributed by atoms with Crippen LogP contribution in [0.4, 0.5) is 0 Å². The number of benzene rings is 1. The summed E-state index contributed by atoms with van der Waals surface area (Å²) in [6.45, 7) is 5.17. The summed E-state index contributed by atoms with van der Waals surface area (Å²) in [5.41, 5.74) is 4.09. The molecule has 2 aromatic rings. The number of hydrogen-bond donors (Lipinski definition) is 1. The standard InChI is InChI=1S/C20H29N5.HI/c1-4-18-7-5-6-8-19(18)13-22-20(21-2)25-10-9-16(15-25)11-17-12-23-24(3)14-17;/h5-8,12,14,16H,4,9-11,13,15H2,1-3H3,(H,21,22);1H. The number of guanidine groups is 1. The first kappa shape index (κ1) is 20.7. The van der Waals surface area contributed by atoms with E-state index in [0.29, 0.717) is 5.92 Å². The van der Waals surface area contributed by atoms with Crippen LogP contribution in [0.1, 0.15) is 30.0 Å². The first-order chi connectivity index (χ1) is 12.2. The van der Waals surface area contributed by atoms with Crippen LogP contribution in [-0.2, 0) is 26.4 Å². The minimum atomic E-state index is 0. The molecule has 0 spiro atoms. The predicted molar refractivity (Wildman–Crippen MR) is 118 cm³/mol. The molecule has 1 N–H and O–H groups in total. The number of nitrogens with one attached hydrogen (secondary N) is 1. The second kappa shape index (κ2) is 9.94. The van der Waals surface area contributed by atoms with E-state index < -0.39 is 0 Å². The molecule has 1 aromatic carbocycles. The zero-order valence-electron chi connectivity index (χ0n) is 16.0. The lowest BCUT2D eigenvalue weighted by molar-refractivity contribution is 0.459. The minimum Gasteiger partial charge on any atom is -0.352 e. The Balaban J connectivity index is 0.00000243. The van der Waals surface area contributed by atoms with Gasteiger partial charge in [-0.3, -0.25) is 9.67 Å². The maximum Gasteiger partial charge on any atom is 0.193 e. The highest BCUT2D eigenvalue weighted by Crippen LogP contribution is 2.21. The van der Waals surface area contributed by atoms with Crippen LogP contribution < -0.4 is 5.32 Å². The molecule has 2 heterocycles. The normalized spacial score (nSPS) is 17.3. The Labute approximate surface area is 173 Å². The Morgan fingerprint density at radius 1 is 1.31 bits per heavy atom. The smallest absolute Gasteiger partial charge is 0.193 e. The van der Waals surface area contributed by atoms with E-state index in [0.717, 1.165) is 38.4 Å². The van der Waals surface area contributed by atoms with E-state index in [1.54, 1.807) is 0 Å². The molecule has 1 saturated heterocycles. The lowest BCUT2D eigenvalue weighted by Gasteiger charge is -2.22. The van der Waals surface area contributed by atoms with Crippen molar-refractivity contribution in [1.82, 2.24) is 20.0 Å². The van der Waals surface area contributed by atoms with Gasteiger partial charge in [0, 0.05) is 39.9 Å². The third-order valence-electron chi connectivity index (χ3n) is 5.02. The number of hydrogen-bond acceptors (Lipinski definition) is 2. The van der Waals surface area contributed by atoms with Gasteiger partial charge >= 0.3 is 0 Å². The van der Waals surface area contributed by atoms with Gasteiger partial charge < -0.3 is 10.2 Å². The number of aryl methyl sites for hydroxylation is 2. The summed E-state index contributed by atoms with van der Waals surface area (Å²) in [6, 6.07) is 8.63. The van der Waals surface area contributed by atoms with Crippen molar-refractivity contribution in [2.45, 2.75) is 32.7 Å². The molecule has 1 unspecified atom stereocenters. The lowest BCUT2D eigenvalue weighted by atomic mass is 10.0. The number of rotatable bonds is 5. The average molecular weight is 467 g/mol. The van der Waals surface area contributed by atoms with Gasteiger partial charge in [0.05, 0.1) is 6.20 Å². The maximum atomic E-state index is 4.50. The molecular weight excluding hydrogens is 437 g/mol. The van der Waals surface area contributed by atoms with Crippen molar-refractivity contribution in [3.05, 3.63) is 53.3 Å². The van der Waals surface area contributed by atoms with Crippen LogP contribution in [0, 0.1) is 5.92 Å². The number of halogens is 1. The molecule has 142 valence electrons. The van der Waals surface area contributed by atoms with Crippen LogP contribution >= 0.6 is 24.0 Å². The monoisotopic (exact) mass is 467 g/mol. The Kier molecular flexibility index (Phi) is 7.93. The predicted octanol–water partition coefficient (Wildman–Crippen LogP) is 3.24. The summed E-state index contributed by atoms with van der Waals surface area (Å²) in [5, 5.41) is 7.83. The molecule has 5 nitrogen and oxygen atoms in total. The summed E-state index contributed by atoms with van der Waals surface area (Å²) in [5.74, 6) is 1.69. The van der Waals surface area contributed by atoms with Crippen LogP contribution in [0.5, 0.6) is 0 Å². The van der Waals surface area contributed by atoms with Gasteiger partial charge in [0.25, 0.3) is 0 Å². The fourth-order valence-corrected chi connectivity index (χ4v) is 3.68. The molecule has 0 amide bonds. The molecule has 3 rings (SSSR count). The van der Waals surface area contributed by atoms with Crippen molar-refractivity contribution < 1.29 is 0 Å². The molecule has 0 radical (unpaired) electrons. The third-order valence-corrected chi connectivity index (χ3v) is 5.02. The van der Waals surface area contributed by atoms with Crippen LogP contribution in [0.2, 0.25) is 0 Å². The van der Waals surface area contributed by atoms with Crippen LogP contribution in [0.15, 0.2) is 41.7 Å². The topological polar surface area (TPSA) is 45.5 Å². The van der Waals surface area contributed by atoms with E-state index in [4.69, 9.17) is 0 Å². The fraction of sp³-hybridized carbons (Fsp3) is 0.500. The van der Waals surface area contributed by atoms with E-state index in [2.05, 4.69) is 57.7 Å². The van der Waals surface area contributed by atoms with Gasteiger partial charge in [-0.1, -0.05) is 31.2 Å². The molecule has 0 bridgehead atoms. The largest absolute Gasteiger partial charge is 0.352 e. The summed E-state index contributed by atoms with van der Waals surface area (Å²) < 4.78 is 1.88. The first-order valence-electron chi connectivity index (χ1n) is 9.19. The first-order valence-corrected chi connectivity index (χ1v) is 9.19. The fourth-order valence-electron chi connectivity index (χ4n) is 3.68. The van der Waals surface area contributed by atoms with E-state index >= 15 is 0 Å². The molecule has 1 fully saturated rings. The highest BCUT2D eigenvalue weighted by Gasteiger charge is 2.25. The van der Waals surface area contributed by atoms with Crippen LogP contribution in [-0.4, -0.2) is 40.8 Å². The molecule has 0 aliphatic carbocycles. The number of aliphatic imine (C=N–C) groups is 1. The van der Waals surface area contributed by atoms with Crippen molar-refractivity contribution in [3.63, 3.8) is 0 Å². The molecule has 1 aromatic heterocycles. The van der Waals surface area contributed by atoms with Gasteiger partial charge in [0.1, 0.15) is 0 Å². The summed E-state index contributed by atoms with van der Waals surface area (Å²) in [6.07, 6.45) is 7.48. The Morgan fingerprint density at radius 3 is 2.73 bits per heavy atom. The van der Waals surface area contributed by atoms with Gasteiger partial charge in [0.2, 0.25) is 0 Å². The quantitative estimate of drug-likeness (QED) is 0.417. The molecule has 26 heavy (non-hydrogen) atoms. The molecule has 6 heteroatoms. The average Bonchev–Trinajstić information content (AvgIpc) is 3.25. The second-order valence-electron chi connectivity index (χ2n) is 6.85. The Morgan fingerprint density at radius 2 is 2.08 bits per heavy atom. The van der Waals surface area contributed by atoms with Crippen LogP contribution in [0.25, 0.3) is 0 Å². The van der Waals surface area contributed by atoms with Gasteiger partial charge in [-0.05, 0) is 41.9 Å². The summed E-state index contributed by atoms with van der Waals surface area (Å²) >= 11 is 0. The lowest BCUT2D eigenvalue weighted by Crippen LogP contribution is -2.39. The SMILES string of the molecule is CCc1ccccc1CNC(=NC)N1CCC(Cc2cnn(C)c2)C1.I. The van der Waals surface area contributed by atoms with Crippen molar-refractivity contribution in [2.75, 3.05) is 20.1 Å². The van der Waals surface area contributed by atoms with E-state index in [1.165, 1.54) is 23.1 Å². The minimum absolute atomic E-state index is 0. The maximum absolute atomic E-state index is 4.50. The van der Waals surface area contributed by atoms with Gasteiger partial charge in [-0.2, -0.15) is 5.10 Å². The van der Waals surface area contributed by atoms with Gasteiger partial charge in [-0.15, -0.1) is 24.0 Å². The zero-order chi connectivity index (χ0) is 17.6. The number of nitrogens with zero attached hydrogens (tertiary/aromatic N) is 4. The van der Waals surface area contributed by atoms with Crippen LogP contribution in [0.3, 0.4) is 0 Å². The number of likely N-dealkylation sites (tertiary alicyclic amines) is 1. The Hall–Kier alpha value is -1.57. The molecule has 1 aliphatic rings. The van der Waals surface area contributed by atoms with E-state index in [9.17, 15) is 0 Å². The number of aromatic nitrogens is 2. The molecule has 1 aliphatic heterocycles. The zero-order valence-corrected chi connectivity index (χ0v) is 18.3.